The Bertz CT molecular complexity index is 447. The summed E-state index contributed by atoms with van der Waals surface area (Å²) in [4.78, 5) is 10.5. The van der Waals surface area contributed by atoms with Gasteiger partial charge in [0.05, 0.1) is 24.7 Å². The highest BCUT2D eigenvalue weighted by atomic mass is 16.6. The van der Waals surface area contributed by atoms with E-state index < -0.39 is 30.3 Å². The van der Waals surface area contributed by atoms with Gasteiger partial charge in [0.25, 0.3) is 0 Å². The normalized spacial score (nSPS) is 11.6. The number of hydrogen-bond acceptors (Lipinski definition) is 7. The van der Waals surface area contributed by atoms with E-state index in [1.54, 1.807) is 6.92 Å². The molecule has 0 saturated carbocycles. The molecule has 1 aromatic heterocycles. The molecule has 0 fully saturated rings. The summed E-state index contributed by atoms with van der Waals surface area (Å²) in [7, 11) is 0. The maximum Gasteiger partial charge on any atom is 0.333 e. The van der Waals surface area contributed by atoms with Crippen molar-refractivity contribution in [1.82, 2.24) is 9.78 Å². The third-order valence-electron chi connectivity index (χ3n) is 2.87. The summed E-state index contributed by atoms with van der Waals surface area (Å²) < 4.78 is 1.35. The minimum atomic E-state index is -1.44. The Morgan fingerprint density at radius 3 is 2.26 bits per heavy atom. The summed E-state index contributed by atoms with van der Waals surface area (Å²) >= 11 is 0. The van der Waals surface area contributed by atoms with Crippen molar-refractivity contribution in [3.8, 4) is 0 Å². The van der Waals surface area contributed by atoms with Crippen LogP contribution in [0, 0.1) is 17.0 Å². The molecule has 0 aromatic carbocycles. The SMILES string of the molecule is CCn1nc(C)c([N+](=O)[O-])c1NC(CO)(CO)CO. The quantitative estimate of drug-likeness (QED) is 0.379. The number of hydrogen-bond donors (Lipinski definition) is 4. The average Bonchev–Trinajstić information content (AvgIpc) is 2.72. The Morgan fingerprint density at radius 1 is 1.37 bits per heavy atom. The number of aryl methyl sites for hydroxylation is 2. The molecule has 19 heavy (non-hydrogen) atoms. The van der Waals surface area contributed by atoms with E-state index in [9.17, 15) is 25.4 Å². The molecule has 0 radical (unpaired) electrons. The Labute approximate surface area is 109 Å². The highest BCUT2D eigenvalue weighted by molar-refractivity contribution is 5.61. The largest absolute Gasteiger partial charge is 0.394 e. The van der Waals surface area contributed by atoms with Gasteiger partial charge in [0.15, 0.2) is 0 Å². The second kappa shape index (κ2) is 5.95. The molecule has 0 bridgehead atoms. The van der Waals surface area contributed by atoms with E-state index in [0.717, 1.165) is 0 Å². The second-order valence-corrected chi connectivity index (χ2v) is 4.24. The van der Waals surface area contributed by atoms with Gasteiger partial charge in [-0.25, -0.2) is 4.68 Å². The van der Waals surface area contributed by atoms with Crippen LogP contribution < -0.4 is 5.32 Å². The van der Waals surface area contributed by atoms with Crippen molar-refractivity contribution in [2.45, 2.75) is 25.9 Å². The van der Waals surface area contributed by atoms with Gasteiger partial charge in [-0.2, -0.15) is 5.10 Å². The van der Waals surface area contributed by atoms with E-state index in [-0.39, 0.29) is 17.2 Å². The smallest absolute Gasteiger partial charge is 0.333 e. The number of aromatic nitrogens is 2. The number of nitrogens with zero attached hydrogens (tertiary/aromatic N) is 3. The van der Waals surface area contributed by atoms with Crippen LogP contribution in [0.1, 0.15) is 12.6 Å². The zero-order valence-electron chi connectivity index (χ0n) is 10.8. The lowest BCUT2D eigenvalue weighted by Gasteiger charge is -2.29. The fraction of sp³-hybridized carbons (Fsp3) is 0.700. The molecule has 1 rings (SSSR count). The zero-order valence-corrected chi connectivity index (χ0v) is 10.8. The van der Waals surface area contributed by atoms with E-state index >= 15 is 0 Å². The molecule has 1 aromatic rings. The van der Waals surface area contributed by atoms with Gasteiger partial charge in [-0.15, -0.1) is 0 Å². The van der Waals surface area contributed by atoms with Gasteiger partial charge in [-0.1, -0.05) is 0 Å². The van der Waals surface area contributed by atoms with Crippen molar-refractivity contribution < 1.29 is 20.2 Å². The fourth-order valence-corrected chi connectivity index (χ4v) is 1.66. The summed E-state index contributed by atoms with van der Waals surface area (Å²) in [5.74, 6) is 0.0575. The van der Waals surface area contributed by atoms with Crippen LogP contribution >= 0.6 is 0 Å². The van der Waals surface area contributed by atoms with E-state index in [0.29, 0.717) is 6.54 Å². The molecule has 0 aliphatic carbocycles. The van der Waals surface area contributed by atoms with Gasteiger partial charge >= 0.3 is 5.69 Å². The molecule has 0 atom stereocenters. The van der Waals surface area contributed by atoms with Gasteiger partial charge in [0.1, 0.15) is 11.2 Å². The average molecular weight is 274 g/mol. The lowest BCUT2D eigenvalue weighted by Crippen LogP contribution is -2.49. The van der Waals surface area contributed by atoms with E-state index in [1.807, 2.05) is 0 Å². The van der Waals surface area contributed by atoms with Crippen molar-refractivity contribution in [3.63, 3.8) is 0 Å². The van der Waals surface area contributed by atoms with Crippen LogP contribution in [0.3, 0.4) is 0 Å². The summed E-state index contributed by atoms with van der Waals surface area (Å²) in [6.45, 7) is 1.88. The van der Waals surface area contributed by atoms with Crippen LogP contribution in [0.5, 0.6) is 0 Å². The van der Waals surface area contributed by atoms with Crippen LogP contribution in [-0.4, -0.2) is 55.4 Å². The van der Waals surface area contributed by atoms with Crippen LogP contribution in [0.4, 0.5) is 11.5 Å². The van der Waals surface area contributed by atoms with Gasteiger partial charge in [-0.3, -0.25) is 10.1 Å². The number of anilines is 1. The first-order chi connectivity index (χ1) is 8.94. The Hall–Kier alpha value is -1.71. The highest BCUT2D eigenvalue weighted by Crippen LogP contribution is 2.30. The Kier molecular flexibility index (Phi) is 4.81. The third-order valence-corrected chi connectivity index (χ3v) is 2.87. The zero-order chi connectivity index (χ0) is 14.6. The Morgan fingerprint density at radius 2 is 1.89 bits per heavy atom. The topological polar surface area (TPSA) is 134 Å². The monoisotopic (exact) mass is 274 g/mol. The molecule has 4 N–H and O–H groups in total. The predicted octanol–water partition coefficient (Wildman–Crippen LogP) is -0.753. The van der Waals surface area contributed by atoms with E-state index in [4.69, 9.17) is 0 Å². The van der Waals surface area contributed by atoms with Crippen molar-refractivity contribution >= 4 is 11.5 Å². The van der Waals surface area contributed by atoms with Crippen LogP contribution in [0.15, 0.2) is 0 Å². The van der Waals surface area contributed by atoms with Crippen molar-refractivity contribution in [1.29, 1.82) is 0 Å². The second-order valence-electron chi connectivity index (χ2n) is 4.24. The number of nitrogens with one attached hydrogen (secondary N) is 1. The standard InChI is InChI=1S/C10H18N4O5/c1-3-13-9(8(14(18)19)7(2)12-13)11-10(4-15,5-16)6-17/h11,15-17H,3-6H2,1-2H3. The molecular weight excluding hydrogens is 256 g/mol. The minimum Gasteiger partial charge on any atom is -0.394 e. The molecule has 0 unspecified atom stereocenters. The van der Waals surface area contributed by atoms with Crippen LogP contribution in [0.25, 0.3) is 0 Å². The number of aliphatic hydroxyl groups is 3. The molecule has 9 heteroatoms. The predicted molar refractivity (Wildman–Crippen MR) is 66.9 cm³/mol. The van der Waals surface area contributed by atoms with Gasteiger partial charge in [-0.05, 0) is 13.8 Å². The molecule has 0 aliphatic rings. The molecule has 0 amide bonds. The number of nitro groups is 1. The Balaban J connectivity index is 3.28. The third kappa shape index (κ3) is 2.83. The summed E-state index contributed by atoms with van der Waals surface area (Å²) in [6, 6.07) is 0. The summed E-state index contributed by atoms with van der Waals surface area (Å²) in [6.07, 6.45) is 0. The molecule has 9 nitrogen and oxygen atoms in total. The van der Waals surface area contributed by atoms with Gasteiger partial charge in [0.2, 0.25) is 5.82 Å². The lowest BCUT2D eigenvalue weighted by atomic mass is 10.0. The van der Waals surface area contributed by atoms with E-state index in [2.05, 4.69) is 10.4 Å². The fourth-order valence-electron chi connectivity index (χ4n) is 1.66. The molecule has 0 aliphatic heterocycles. The van der Waals surface area contributed by atoms with Gasteiger partial charge < -0.3 is 20.6 Å². The van der Waals surface area contributed by atoms with Crippen LogP contribution in [-0.2, 0) is 6.54 Å². The lowest BCUT2D eigenvalue weighted by molar-refractivity contribution is -0.384. The van der Waals surface area contributed by atoms with Crippen molar-refractivity contribution in [3.05, 3.63) is 15.8 Å². The first-order valence-corrected chi connectivity index (χ1v) is 5.77. The summed E-state index contributed by atoms with van der Waals surface area (Å²) in [5.41, 5.74) is -1.46. The number of rotatable bonds is 7. The van der Waals surface area contributed by atoms with E-state index in [1.165, 1.54) is 11.6 Å². The van der Waals surface area contributed by atoms with Crippen molar-refractivity contribution in [2.24, 2.45) is 0 Å². The van der Waals surface area contributed by atoms with Gasteiger partial charge in [0, 0.05) is 6.54 Å². The number of aliphatic hydroxyl groups excluding tert-OH is 3. The molecule has 108 valence electrons. The molecule has 0 saturated heterocycles. The molecule has 0 spiro atoms. The summed E-state index contributed by atoms with van der Waals surface area (Å²) in [5, 5.41) is 45.5. The maximum absolute atomic E-state index is 11.0. The molecule has 1 heterocycles. The first-order valence-electron chi connectivity index (χ1n) is 5.77. The van der Waals surface area contributed by atoms with Crippen molar-refractivity contribution in [2.75, 3.05) is 25.1 Å². The maximum atomic E-state index is 11.0. The van der Waals surface area contributed by atoms with Crippen LogP contribution in [0.2, 0.25) is 0 Å². The highest BCUT2D eigenvalue weighted by Gasteiger charge is 2.34. The molecular formula is C10H18N4O5. The minimum absolute atomic E-state index is 0.0575. The first kappa shape index (κ1) is 15.3.